The molecule has 0 fully saturated rings. The van der Waals surface area contributed by atoms with Crippen LogP contribution in [0.25, 0.3) is 0 Å². The summed E-state index contributed by atoms with van der Waals surface area (Å²) in [6.07, 6.45) is 0.244. The first-order valence-electron chi connectivity index (χ1n) is 13.0. The van der Waals surface area contributed by atoms with Gasteiger partial charge in [-0.3, -0.25) is 18.9 Å². The number of hydrogen-bond donors (Lipinski definition) is 3. The first-order chi connectivity index (χ1) is 20.8. The van der Waals surface area contributed by atoms with Crippen LogP contribution in [0.5, 0.6) is 0 Å². The first-order valence-corrected chi connectivity index (χ1v) is 17.4. The van der Waals surface area contributed by atoms with E-state index in [1.54, 1.807) is 41.8 Å². The molecular formula is C29H28ClN3O8S3. The van der Waals surface area contributed by atoms with Gasteiger partial charge in [0.05, 0.1) is 29.4 Å². The molecule has 15 heteroatoms. The maximum atomic E-state index is 13.5. The number of methoxy groups -OCH3 is 1. The highest BCUT2D eigenvalue weighted by Crippen LogP contribution is 2.26. The lowest BCUT2D eigenvalue weighted by atomic mass is 9.97. The maximum Gasteiger partial charge on any atom is 0.357 e. The van der Waals surface area contributed by atoms with E-state index in [0.717, 1.165) is 16.9 Å². The van der Waals surface area contributed by atoms with Crippen molar-refractivity contribution in [1.82, 2.24) is 10.3 Å². The van der Waals surface area contributed by atoms with E-state index >= 15 is 0 Å². The number of nitrogens with one attached hydrogen (secondary N) is 2. The van der Waals surface area contributed by atoms with Gasteiger partial charge in [-0.1, -0.05) is 54.1 Å². The number of carbonyl (C=O) groups excluding carboxylic acids is 2. The Labute approximate surface area is 264 Å². The van der Waals surface area contributed by atoms with Crippen molar-refractivity contribution in [1.29, 1.82) is 0 Å². The Morgan fingerprint density at radius 2 is 1.57 bits per heavy atom. The van der Waals surface area contributed by atoms with E-state index in [9.17, 15) is 26.4 Å². The molecule has 0 saturated heterocycles. The van der Waals surface area contributed by atoms with Crippen molar-refractivity contribution in [2.24, 2.45) is 5.92 Å². The highest BCUT2D eigenvalue weighted by atomic mass is 35.5. The number of nitrogens with zero attached hydrogens (tertiary/aromatic N) is 1. The molecule has 4 aromatic rings. The molecule has 0 saturated carbocycles. The van der Waals surface area contributed by atoms with Gasteiger partial charge in [0, 0.05) is 10.4 Å². The number of hydrogen-bond acceptors (Lipinski definition) is 9. The van der Waals surface area contributed by atoms with Crippen molar-refractivity contribution in [3.8, 4) is 0 Å². The van der Waals surface area contributed by atoms with Gasteiger partial charge in [-0.05, 0) is 60.4 Å². The lowest BCUT2D eigenvalue weighted by molar-refractivity contribution is -0.150. The number of aromatic nitrogens is 1. The highest BCUT2D eigenvalue weighted by Gasteiger charge is 2.31. The molecule has 44 heavy (non-hydrogen) atoms. The summed E-state index contributed by atoms with van der Waals surface area (Å²) in [5.74, 6) is -2.89. The van der Waals surface area contributed by atoms with Crippen molar-refractivity contribution in [3.05, 3.63) is 111 Å². The van der Waals surface area contributed by atoms with Crippen molar-refractivity contribution < 1.29 is 35.7 Å². The van der Waals surface area contributed by atoms with E-state index in [-0.39, 0.29) is 34.2 Å². The van der Waals surface area contributed by atoms with E-state index < -0.39 is 44.0 Å². The molecule has 11 nitrogen and oxygen atoms in total. The van der Waals surface area contributed by atoms with Crippen LogP contribution in [0, 0.1) is 5.92 Å². The molecule has 0 spiro atoms. The highest BCUT2D eigenvalue weighted by molar-refractivity contribution is 7.90. The molecule has 3 aromatic carbocycles. The molecule has 0 radical (unpaired) electrons. The minimum atomic E-state index is -4.47. The lowest BCUT2D eigenvalue weighted by Gasteiger charge is -2.21. The third-order valence-corrected chi connectivity index (χ3v) is 9.89. The molecule has 2 atom stereocenters. The number of anilines is 1. The summed E-state index contributed by atoms with van der Waals surface area (Å²) in [5.41, 5.74) is 1.89. The van der Waals surface area contributed by atoms with Crippen LogP contribution in [0.1, 0.15) is 27.9 Å². The van der Waals surface area contributed by atoms with E-state index in [0.29, 0.717) is 16.3 Å². The van der Waals surface area contributed by atoms with Crippen LogP contribution < -0.4 is 10.0 Å². The number of sulfone groups is 1. The number of benzene rings is 3. The Hall–Kier alpha value is -3.82. The average Bonchev–Trinajstić information content (AvgIpc) is 3.43. The topological polar surface area (TPSA) is 169 Å². The zero-order chi connectivity index (χ0) is 31.9. The number of carbonyl (C=O) groups is 2. The van der Waals surface area contributed by atoms with Gasteiger partial charge < -0.3 is 10.1 Å². The Balaban J connectivity index is 1.61. The smallest absolute Gasteiger partial charge is 0.357 e. The first kappa shape index (κ1) is 33.1. The van der Waals surface area contributed by atoms with Crippen molar-refractivity contribution >= 4 is 60.6 Å². The summed E-state index contributed by atoms with van der Waals surface area (Å²) in [6.45, 7) is 0. The average molecular weight is 678 g/mol. The van der Waals surface area contributed by atoms with Gasteiger partial charge >= 0.3 is 16.3 Å². The number of esters is 1. The molecule has 3 N–H and O–H groups in total. The molecular weight excluding hydrogens is 650 g/mol. The fraction of sp³-hybridized carbons (Fsp3) is 0.207. The zero-order valence-electron chi connectivity index (χ0n) is 23.2. The number of rotatable bonds is 13. The fourth-order valence-corrected chi connectivity index (χ4v) is 7.35. The van der Waals surface area contributed by atoms with Crippen molar-refractivity contribution in [2.75, 3.05) is 11.8 Å². The molecule has 0 aliphatic carbocycles. The number of amides is 1. The summed E-state index contributed by atoms with van der Waals surface area (Å²) in [6, 6.07) is 20.0. The van der Waals surface area contributed by atoms with Gasteiger partial charge in [-0.2, -0.15) is 8.42 Å². The van der Waals surface area contributed by atoms with Crippen LogP contribution in [-0.2, 0) is 53.1 Å². The molecule has 0 aliphatic heterocycles. The van der Waals surface area contributed by atoms with Gasteiger partial charge in [-0.25, -0.2) is 13.4 Å². The van der Waals surface area contributed by atoms with Crippen molar-refractivity contribution in [3.63, 3.8) is 0 Å². The van der Waals surface area contributed by atoms with Gasteiger partial charge in [0.2, 0.25) is 5.91 Å². The quantitative estimate of drug-likeness (QED) is 0.105. The predicted molar refractivity (Wildman–Crippen MR) is 166 cm³/mol. The van der Waals surface area contributed by atoms with Gasteiger partial charge in [0.15, 0.2) is 9.84 Å². The summed E-state index contributed by atoms with van der Waals surface area (Å²) in [4.78, 5) is 30.8. The normalized spacial score (nSPS) is 13.1. The molecule has 1 aromatic heterocycles. The van der Waals surface area contributed by atoms with Crippen LogP contribution in [0.3, 0.4) is 0 Å². The summed E-state index contributed by atoms with van der Waals surface area (Å²) < 4.78 is 64.2. The molecule has 4 rings (SSSR count). The Kier molecular flexibility index (Phi) is 10.8. The Bertz CT molecular complexity index is 1810. The summed E-state index contributed by atoms with van der Waals surface area (Å²) in [5, 5.41) is 5.20. The molecule has 1 heterocycles. The van der Waals surface area contributed by atoms with E-state index in [1.807, 2.05) is 10.8 Å². The van der Waals surface area contributed by atoms with Gasteiger partial charge in [-0.15, -0.1) is 11.3 Å². The van der Waals surface area contributed by atoms with Gasteiger partial charge in [0.25, 0.3) is 0 Å². The predicted octanol–water partition coefficient (Wildman–Crippen LogP) is 4.42. The largest absolute Gasteiger partial charge is 0.468 e. The fourth-order valence-electron chi connectivity index (χ4n) is 4.31. The van der Waals surface area contributed by atoms with Crippen LogP contribution in [0.4, 0.5) is 5.69 Å². The summed E-state index contributed by atoms with van der Waals surface area (Å²) >= 11 is 7.00. The minimum absolute atomic E-state index is 0.0870. The second-order valence-corrected chi connectivity index (χ2v) is 14.2. The molecule has 1 amide bonds. The number of halogens is 1. The molecule has 0 aliphatic rings. The van der Waals surface area contributed by atoms with Crippen molar-refractivity contribution in [2.45, 2.75) is 29.5 Å². The third kappa shape index (κ3) is 9.34. The second kappa shape index (κ2) is 14.3. The Morgan fingerprint density at radius 3 is 2.18 bits per heavy atom. The summed E-state index contributed by atoms with van der Waals surface area (Å²) in [7, 11) is -7.01. The van der Waals surface area contributed by atoms with Crippen LogP contribution in [-0.4, -0.2) is 45.4 Å². The third-order valence-electron chi connectivity index (χ3n) is 6.45. The van der Waals surface area contributed by atoms with Crippen LogP contribution >= 0.6 is 22.9 Å². The van der Waals surface area contributed by atoms with Crippen LogP contribution in [0.15, 0.2) is 89.1 Å². The monoisotopic (exact) mass is 677 g/mol. The van der Waals surface area contributed by atoms with E-state index in [2.05, 4.69) is 10.3 Å². The lowest BCUT2D eigenvalue weighted by Crippen LogP contribution is -2.40. The maximum absolute atomic E-state index is 13.5. The number of thiazole rings is 1. The van der Waals surface area contributed by atoms with E-state index in [4.69, 9.17) is 20.9 Å². The second-order valence-electron chi connectivity index (χ2n) is 9.68. The van der Waals surface area contributed by atoms with Crippen LogP contribution in [0.2, 0.25) is 5.02 Å². The molecule has 0 bridgehead atoms. The van der Waals surface area contributed by atoms with E-state index in [1.165, 1.54) is 43.5 Å². The number of ether oxygens (including phenoxy) is 1. The SMILES string of the molecule is COC(=O)[C@@H](Cc1ccccc1)C(=O)N[C@@H](Cc1ccc(NS(=O)(=O)O)cc1)c1csc(CS(=O)(=O)c2ccc(Cl)cc2)n1. The standard InChI is InChI=1S/C29H28ClN3O8S3/c1-41-29(35)24(15-19-5-3-2-4-6-19)28(34)32-25(16-20-7-11-22(12-8-20)33-44(38,39)40)26-17-42-27(31-26)18-43(36,37)23-13-9-21(30)10-14-23/h2-14,17,24-25,33H,15-16,18H2,1H3,(H,32,34)(H,38,39,40)/t24-,25-/m0/s1. The molecule has 232 valence electrons. The molecule has 0 unspecified atom stereocenters. The zero-order valence-corrected chi connectivity index (χ0v) is 26.4. The minimum Gasteiger partial charge on any atom is -0.468 e. The van der Waals surface area contributed by atoms with Gasteiger partial charge in [0.1, 0.15) is 16.7 Å². The Morgan fingerprint density at radius 1 is 0.932 bits per heavy atom.